The maximum absolute atomic E-state index is 13.2. The number of benzene rings is 2. The number of hydrogen-bond donors (Lipinski definition) is 5. The zero-order valence-electron chi connectivity index (χ0n) is 31.6. The average molecular weight is 750 g/mol. The molecule has 2 fully saturated rings. The molecule has 288 valence electrons. The number of imidazole rings is 2. The van der Waals surface area contributed by atoms with Gasteiger partial charge in [-0.1, -0.05) is 26.0 Å². The highest BCUT2D eigenvalue weighted by Gasteiger charge is 2.49. The standard InChI is InChI=1S/C40H47N9O6/c1-21(2)36(45-20-53-4)39(51)43-18-34-41-16-29(46-34)23-8-11-31-26(12-23)14-32-28-10-7-24(15-33(28)55-22(3)48(31)32)30-17-42-38(47-30)37-25-6-9-27(13-25)49(37)35(50)19-44-40(52)54-5/h7-8,10-12,14-17,21-22,25,27,36-37,45H,6,9,13,18-20H2,1-5H3,(H,41,46)(H,42,47)(H,43,51)(H,44,52). The first kappa shape index (κ1) is 36.3. The van der Waals surface area contributed by atoms with E-state index in [0.717, 1.165) is 75.5 Å². The number of carbonyl (C=O) groups excluding carboxylic acids is 3. The minimum absolute atomic E-state index is 0.0995. The lowest BCUT2D eigenvalue weighted by Crippen LogP contribution is -2.47. The summed E-state index contributed by atoms with van der Waals surface area (Å²) in [6, 6.07) is 14.3. The summed E-state index contributed by atoms with van der Waals surface area (Å²) in [5, 5.41) is 9.69. The Hall–Kier alpha value is -5.67. The van der Waals surface area contributed by atoms with Gasteiger partial charge in [0.05, 0.1) is 67.5 Å². The van der Waals surface area contributed by atoms with Crippen LogP contribution in [0.4, 0.5) is 4.79 Å². The molecule has 8 rings (SSSR count). The molecule has 5 aromatic rings. The van der Waals surface area contributed by atoms with E-state index in [-0.39, 0.29) is 55.2 Å². The molecule has 2 aliphatic heterocycles. The number of nitrogens with one attached hydrogen (secondary N) is 5. The molecule has 5 unspecified atom stereocenters. The van der Waals surface area contributed by atoms with E-state index in [9.17, 15) is 14.4 Å². The van der Waals surface area contributed by atoms with Crippen LogP contribution in [0.25, 0.3) is 44.7 Å². The van der Waals surface area contributed by atoms with Gasteiger partial charge in [0.25, 0.3) is 0 Å². The first-order valence-electron chi connectivity index (χ1n) is 18.8. The van der Waals surface area contributed by atoms with Crippen LogP contribution in [0.2, 0.25) is 0 Å². The molecule has 3 aliphatic rings. The fourth-order valence-electron chi connectivity index (χ4n) is 8.57. The lowest BCUT2D eigenvalue weighted by molar-refractivity contribution is -0.134. The van der Waals surface area contributed by atoms with E-state index in [0.29, 0.717) is 18.5 Å². The molecule has 5 atom stereocenters. The fraction of sp³-hybridized carbons (Fsp3) is 0.425. The van der Waals surface area contributed by atoms with Crippen molar-refractivity contribution in [2.24, 2.45) is 11.8 Å². The highest BCUT2D eigenvalue weighted by atomic mass is 16.5. The van der Waals surface area contributed by atoms with Gasteiger partial charge in [-0.25, -0.2) is 14.8 Å². The highest BCUT2D eigenvalue weighted by molar-refractivity contribution is 5.92. The first-order valence-corrected chi connectivity index (χ1v) is 18.8. The molecule has 15 heteroatoms. The molecule has 3 amide bonds. The summed E-state index contributed by atoms with van der Waals surface area (Å²) in [6.45, 7) is 6.48. The quantitative estimate of drug-likeness (QED) is 0.107. The number of amides is 3. The van der Waals surface area contributed by atoms with Crippen LogP contribution >= 0.6 is 0 Å². The van der Waals surface area contributed by atoms with Crippen molar-refractivity contribution >= 4 is 28.8 Å². The monoisotopic (exact) mass is 749 g/mol. The molecule has 3 aromatic heterocycles. The largest absolute Gasteiger partial charge is 0.470 e. The summed E-state index contributed by atoms with van der Waals surface area (Å²) in [6.07, 6.45) is 5.66. The van der Waals surface area contributed by atoms with Crippen molar-refractivity contribution in [1.29, 1.82) is 0 Å². The van der Waals surface area contributed by atoms with Gasteiger partial charge in [-0.05, 0) is 68.4 Å². The Balaban J connectivity index is 0.995. The molecular formula is C40H47N9O6. The molecule has 15 nitrogen and oxygen atoms in total. The van der Waals surface area contributed by atoms with Crippen molar-refractivity contribution < 1.29 is 28.6 Å². The van der Waals surface area contributed by atoms with E-state index in [1.54, 1.807) is 13.3 Å². The van der Waals surface area contributed by atoms with E-state index in [1.165, 1.54) is 7.11 Å². The van der Waals surface area contributed by atoms with Crippen LogP contribution in [0, 0.1) is 11.8 Å². The average Bonchev–Trinajstić information content (AvgIpc) is 4.03. The molecule has 2 bridgehead atoms. The summed E-state index contributed by atoms with van der Waals surface area (Å²) in [7, 11) is 2.87. The molecule has 1 saturated heterocycles. The Kier molecular flexibility index (Phi) is 9.82. The second-order valence-electron chi connectivity index (χ2n) is 14.9. The van der Waals surface area contributed by atoms with Crippen LogP contribution in [0.1, 0.15) is 64.0 Å². The Morgan fingerprint density at radius 3 is 2.56 bits per heavy atom. The Morgan fingerprint density at radius 1 is 0.982 bits per heavy atom. The first-order chi connectivity index (χ1) is 26.6. The van der Waals surface area contributed by atoms with E-state index in [4.69, 9.17) is 14.5 Å². The van der Waals surface area contributed by atoms with Gasteiger partial charge in [0.1, 0.15) is 23.9 Å². The number of fused-ring (bicyclic) bond motifs is 7. The van der Waals surface area contributed by atoms with E-state index >= 15 is 0 Å². The summed E-state index contributed by atoms with van der Waals surface area (Å²) in [5.74, 6) is 2.37. The van der Waals surface area contributed by atoms with Gasteiger partial charge in [-0.3, -0.25) is 14.9 Å². The number of aromatic nitrogens is 5. The predicted molar refractivity (Wildman–Crippen MR) is 204 cm³/mol. The van der Waals surface area contributed by atoms with Gasteiger partial charge in [0.15, 0.2) is 6.23 Å². The summed E-state index contributed by atoms with van der Waals surface area (Å²) in [5.41, 5.74) is 6.72. The van der Waals surface area contributed by atoms with Crippen molar-refractivity contribution in [3.05, 3.63) is 66.5 Å². The van der Waals surface area contributed by atoms with Crippen molar-refractivity contribution in [2.45, 2.75) is 70.9 Å². The number of carbonyl (C=O) groups is 3. The Labute approximate surface area is 318 Å². The van der Waals surface area contributed by atoms with E-state index < -0.39 is 6.09 Å². The maximum atomic E-state index is 13.2. The summed E-state index contributed by atoms with van der Waals surface area (Å²) < 4.78 is 18.5. The number of likely N-dealkylation sites (tertiary alicyclic amines) is 1. The Bertz CT molecular complexity index is 2240. The zero-order valence-corrected chi connectivity index (χ0v) is 31.6. The minimum atomic E-state index is -0.626. The number of hydrogen-bond acceptors (Lipinski definition) is 9. The van der Waals surface area contributed by atoms with Crippen LogP contribution in [-0.4, -0.2) is 86.9 Å². The van der Waals surface area contributed by atoms with E-state index in [2.05, 4.69) is 76.6 Å². The highest BCUT2D eigenvalue weighted by Crippen LogP contribution is 2.50. The SMILES string of the molecule is COCNC(C(=O)NCc1ncc(-c2ccc3c(c2)cc2n3C(C)Oc3cc(-c4cnc(C5C6CCC(C6)N5C(=O)CNC(=O)OC)[nH]4)ccc3-2)[nH]1)C(C)C. The van der Waals surface area contributed by atoms with Crippen LogP contribution in [0.15, 0.2) is 54.9 Å². The van der Waals surface area contributed by atoms with Gasteiger partial charge in [0.2, 0.25) is 11.8 Å². The lowest BCUT2D eigenvalue weighted by atomic mass is 9.98. The van der Waals surface area contributed by atoms with Crippen molar-refractivity contribution in [3.63, 3.8) is 0 Å². The van der Waals surface area contributed by atoms with Gasteiger partial charge in [-0.2, -0.15) is 0 Å². The second kappa shape index (κ2) is 14.9. The molecule has 1 aliphatic carbocycles. The van der Waals surface area contributed by atoms with Crippen LogP contribution in [-0.2, 0) is 25.6 Å². The molecular weight excluding hydrogens is 702 g/mol. The van der Waals surface area contributed by atoms with Crippen LogP contribution < -0.4 is 20.7 Å². The number of H-pyrrole nitrogens is 2. The third-order valence-corrected chi connectivity index (χ3v) is 11.2. The van der Waals surface area contributed by atoms with Crippen molar-refractivity contribution in [2.75, 3.05) is 27.5 Å². The summed E-state index contributed by atoms with van der Waals surface area (Å²) in [4.78, 5) is 55.8. The van der Waals surface area contributed by atoms with Gasteiger partial charge in [-0.15, -0.1) is 0 Å². The smallest absolute Gasteiger partial charge is 0.407 e. The molecule has 0 spiro atoms. The lowest BCUT2D eigenvalue weighted by Gasteiger charge is -2.34. The third-order valence-electron chi connectivity index (χ3n) is 11.2. The maximum Gasteiger partial charge on any atom is 0.407 e. The van der Waals surface area contributed by atoms with Crippen molar-refractivity contribution in [3.8, 4) is 39.5 Å². The molecule has 5 N–H and O–H groups in total. The molecule has 55 heavy (non-hydrogen) atoms. The molecule has 5 heterocycles. The molecule has 2 aromatic carbocycles. The van der Waals surface area contributed by atoms with Gasteiger partial charge in [0, 0.05) is 35.2 Å². The normalized spacial score (nSPS) is 20.3. The Morgan fingerprint density at radius 2 is 1.76 bits per heavy atom. The van der Waals surface area contributed by atoms with E-state index in [1.807, 2.05) is 37.9 Å². The minimum Gasteiger partial charge on any atom is -0.470 e. The number of methoxy groups -OCH3 is 2. The third kappa shape index (κ3) is 6.82. The fourth-order valence-corrected chi connectivity index (χ4v) is 8.57. The van der Waals surface area contributed by atoms with Gasteiger partial charge >= 0.3 is 6.09 Å². The topological polar surface area (TPSA) is 181 Å². The number of aromatic amines is 2. The van der Waals surface area contributed by atoms with Gasteiger partial charge < -0.3 is 44.3 Å². The number of rotatable bonds is 12. The number of ether oxygens (including phenoxy) is 3. The summed E-state index contributed by atoms with van der Waals surface area (Å²) >= 11 is 0. The molecule has 0 radical (unpaired) electrons. The number of nitrogens with zero attached hydrogens (tertiary/aromatic N) is 4. The van der Waals surface area contributed by atoms with Crippen LogP contribution in [0.5, 0.6) is 5.75 Å². The van der Waals surface area contributed by atoms with Crippen molar-refractivity contribution in [1.82, 2.24) is 45.4 Å². The zero-order chi connectivity index (χ0) is 38.4. The molecule has 1 saturated carbocycles. The second-order valence-corrected chi connectivity index (χ2v) is 14.9. The predicted octanol–water partition coefficient (Wildman–Crippen LogP) is 5.24. The van der Waals surface area contributed by atoms with Crippen LogP contribution in [0.3, 0.4) is 0 Å². The number of piperidine rings is 1. The number of alkyl carbamates (subject to hydrolysis) is 1.